The van der Waals surface area contributed by atoms with Crippen LogP contribution in [0.15, 0.2) is 76.9 Å². The molecule has 158 valence electrons. The monoisotopic (exact) mass is 429 g/mol. The van der Waals surface area contributed by atoms with Crippen molar-refractivity contribution >= 4 is 11.5 Å². The van der Waals surface area contributed by atoms with E-state index in [1.165, 1.54) is 18.2 Å². The van der Waals surface area contributed by atoms with Crippen LogP contribution in [-0.2, 0) is 6.18 Å². The zero-order valence-electron chi connectivity index (χ0n) is 16.3. The van der Waals surface area contributed by atoms with Gasteiger partial charge in [-0.2, -0.15) is 18.3 Å². The molecule has 3 aromatic carbocycles. The van der Waals surface area contributed by atoms with Gasteiger partial charge in [0.25, 0.3) is 0 Å². The molecule has 4 rings (SSSR count). The lowest BCUT2D eigenvalue weighted by Crippen LogP contribution is -2.36. The first-order chi connectivity index (χ1) is 14.7. The number of alkyl halides is 3. The topological polar surface area (TPSA) is 28.0 Å². The number of hydrogen-bond donors (Lipinski definition) is 0. The summed E-state index contributed by atoms with van der Waals surface area (Å²) in [6.45, 7) is 0.284. The second-order valence-electron chi connectivity index (χ2n) is 7.08. The molecule has 0 spiro atoms. The van der Waals surface area contributed by atoms with Crippen molar-refractivity contribution in [3.63, 3.8) is 0 Å². The summed E-state index contributed by atoms with van der Waals surface area (Å²) < 4.78 is 66.3. The van der Waals surface area contributed by atoms with Crippen molar-refractivity contribution < 1.29 is 22.0 Å². The number of rotatable bonds is 3. The van der Waals surface area contributed by atoms with E-state index in [0.29, 0.717) is 11.3 Å². The summed E-state index contributed by atoms with van der Waals surface area (Å²) in [6.07, 6.45) is -4.38. The molecule has 31 heavy (non-hydrogen) atoms. The van der Waals surface area contributed by atoms with Crippen LogP contribution in [0, 0.1) is 11.6 Å². The maximum Gasteiger partial charge on any atom is 0.416 e. The molecule has 0 saturated heterocycles. The number of nitrogens with zero attached hydrogens (tertiary/aromatic N) is 3. The molecule has 0 fully saturated rings. The van der Waals surface area contributed by atoms with Gasteiger partial charge in [-0.15, -0.1) is 5.10 Å². The van der Waals surface area contributed by atoms with Gasteiger partial charge in [-0.3, -0.25) is 0 Å². The van der Waals surface area contributed by atoms with Gasteiger partial charge in [0, 0.05) is 7.05 Å². The molecular weight excluding hydrogens is 413 g/mol. The van der Waals surface area contributed by atoms with E-state index >= 15 is 0 Å². The van der Waals surface area contributed by atoms with Crippen LogP contribution in [0.1, 0.15) is 16.7 Å². The Balaban J connectivity index is 1.59. The van der Waals surface area contributed by atoms with E-state index in [2.05, 4.69) is 10.2 Å². The molecule has 0 unspecified atom stereocenters. The van der Waals surface area contributed by atoms with E-state index in [4.69, 9.17) is 0 Å². The largest absolute Gasteiger partial charge is 0.416 e. The van der Waals surface area contributed by atoms with Crippen molar-refractivity contribution in [2.75, 3.05) is 13.6 Å². The standard InChI is InChI=1S/C23H16F5N3/c1-31-13-20(29-30-22(31)21-18(24)3-2-4-19(21)25)16-7-5-14(6-8-16)15-9-11-17(12-10-15)23(26,27)28/h2-12H,13H2,1H3. The highest BCUT2D eigenvalue weighted by Gasteiger charge is 2.30. The van der Waals surface area contributed by atoms with Crippen molar-refractivity contribution in [1.29, 1.82) is 0 Å². The van der Waals surface area contributed by atoms with E-state index in [1.807, 2.05) is 0 Å². The second kappa shape index (κ2) is 7.94. The molecule has 0 saturated carbocycles. The molecule has 8 heteroatoms. The molecule has 1 aliphatic heterocycles. The molecule has 0 aliphatic carbocycles. The zero-order chi connectivity index (χ0) is 22.2. The predicted octanol–water partition coefficient (Wildman–Crippen LogP) is 5.75. The van der Waals surface area contributed by atoms with E-state index in [1.54, 1.807) is 36.2 Å². The minimum absolute atomic E-state index is 0.0979. The molecule has 3 aromatic rings. The molecule has 0 amide bonds. The number of likely N-dealkylation sites (N-methyl/N-ethyl adjacent to an activating group) is 1. The molecule has 0 N–H and O–H groups in total. The highest BCUT2D eigenvalue weighted by atomic mass is 19.4. The first kappa shape index (κ1) is 20.7. The number of amidine groups is 1. The van der Waals surface area contributed by atoms with Gasteiger partial charge >= 0.3 is 6.18 Å². The summed E-state index contributed by atoms with van der Waals surface area (Å²) >= 11 is 0. The van der Waals surface area contributed by atoms with Gasteiger partial charge < -0.3 is 4.90 Å². The zero-order valence-corrected chi connectivity index (χ0v) is 16.3. The van der Waals surface area contributed by atoms with E-state index in [-0.39, 0.29) is 17.9 Å². The van der Waals surface area contributed by atoms with Crippen molar-refractivity contribution in [2.45, 2.75) is 6.18 Å². The van der Waals surface area contributed by atoms with Crippen LogP contribution in [0.3, 0.4) is 0 Å². The third kappa shape index (κ3) is 4.19. The molecule has 3 nitrogen and oxygen atoms in total. The summed E-state index contributed by atoms with van der Waals surface area (Å²) in [6, 6.07) is 15.6. The average molecular weight is 429 g/mol. The van der Waals surface area contributed by atoms with Crippen molar-refractivity contribution in [1.82, 2.24) is 4.90 Å². The molecule has 1 heterocycles. The Morgan fingerprint density at radius 3 is 1.77 bits per heavy atom. The van der Waals surface area contributed by atoms with Crippen LogP contribution in [0.25, 0.3) is 11.1 Å². The smallest absolute Gasteiger partial charge is 0.352 e. The Morgan fingerprint density at radius 1 is 0.742 bits per heavy atom. The lowest BCUT2D eigenvalue weighted by molar-refractivity contribution is -0.137. The quantitative estimate of drug-likeness (QED) is 0.488. The Morgan fingerprint density at radius 2 is 1.26 bits per heavy atom. The van der Waals surface area contributed by atoms with Gasteiger partial charge in [-0.1, -0.05) is 42.5 Å². The van der Waals surface area contributed by atoms with Crippen LogP contribution in [0.4, 0.5) is 22.0 Å². The molecule has 0 bridgehead atoms. The first-order valence-electron chi connectivity index (χ1n) is 9.32. The normalized spacial score (nSPS) is 14.3. The van der Waals surface area contributed by atoms with Crippen molar-refractivity contribution in [2.24, 2.45) is 10.2 Å². The fraction of sp³-hybridized carbons (Fsp3) is 0.130. The number of halogens is 5. The predicted molar refractivity (Wildman–Crippen MR) is 109 cm³/mol. The fourth-order valence-electron chi connectivity index (χ4n) is 3.32. The molecule has 1 aliphatic rings. The van der Waals surface area contributed by atoms with Crippen LogP contribution >= 0.6 is 0 Å². The van der Waals surface area contributed by atoms with Crippen molar-refractivity contribution in [3.05, 3.63) is 95.1 Å². The maximum atomic E-state index is 14.1. The van der Waals surface area contributed by atoms with E-state index in [0.717, 1.165) is 35.4 Å². The van der Waals surface area contributed by atoms with Crippen molar-refractivity contribution in [3.8, 4) is 11.1 Å². The van der Waals surface area contributed by atoms with Gasteiger partial charge in [0.15, 0.2) is 5.84 Å². The van der Waals surface area contributed by atoms with Crippen LogP contribution in [0.2, 0.25) is 0 Å². The summed E-state index contributed by atoms with van der Waals surface area (Å²) in [5.74, 6) is -1.34. The second-order valence-corrected chi connectivity index (χ2v) is 7.08. The average Bonchev–Trinajstić information content (AvgIpc) is 2.74. The molecular formula is C23H16F5N3. The molecule has 0 atom stereocenters. The molecule has 0 aromatic heterocycles. The highest BCUT2D eigenvalue weighted by Crippen LogP contribution is 2.31. The Hall–Kier alpha value is -3.55. The van der Waals surface area contributed by atoms with Gasteiger partial charge in [-0.25, -0.2) is 8.78 Å². The number of hydrogen-bond acceptors (Lipinski definition) is 3. The third-order valence-corrected chi connectivity index (χ3v) is 4.96. The Labute approximate surface area is 175 Å². The lowest BCUT2D eigenvalue weighted by atomic mass is 10.0. The van der Waals surface area contributed by atoms with Crippen LogP contribution in [0.5, 0.6) is 0 Å². The number of benzene rings is 3. The summed E-state index contributed by atoms with van der Waals surface area (Å²) in [7, 11) is 1.66. The SMILES string of the molecule is CN1CC(c2ccc(-c3ccc(C(F)(F)F)cc3)cc2)=NN=C1c1c(F)cccc1F. The van der Waals surface area contributed by atoms with Gasteiger partial charge in [0.2, 0.25) is 0 Å². The third-order valence-electron chi connectivity index (χ3n) is 4.96. The van der Waals surface area contributed by atoms with E-state index in [9.17, 15) is 22.0 Å². The van der Waals surface area contributed by atoms with Crippen LogP contribution < -0.4 is 0 Å². The fourth-order valence-corrected chi connectivity index (χ4v) is 3.32. The van der Waals surface area contributed by atoms with Gasteiger partial charge in [0.1, 0.15) is 11.6 Å². The minimum Gasteiger partial charge on any atom is -0.352 e. The highest BCUT2D eigenvalue weighted by molar-refractivity contribution is 6.09. The molecule has 0 radical (unpaired) electrons. The summed E-state index contributed by atoms with van der Waals surface area (Å²) in [5.41, 5.74) is 1.82. The first-order valence-corrected chi connectivity index (χ1v) is 9.32. The Kier molecular flexibility index (Phi) is 5.31. The maximum absolute atomic E-state index is 14.1. The van der Waals surface area contributed by atoms with E-state index < -0.39 is 23.4 Å². The van der Waals surface area contributed by atoms with Gasteiger partial charge in [-0.05, 0) is 41.0 Å². The van der Waals surface area contributed by atoms with Crippen LogP contribution in [-0.4, -0.2) is 30.0 Å². The summed E-state index contributed by atoms with van der Waals surface area (Å²) in [5, 5.41) is 8.15. The summed E-state index contributed by atoms with van der Waals surface area (Å²) in [4.78, 5) is 1.60. The van der Waals surface area contributed by atoms with Gasteiger partial charge in [0.05, 0.1) is 23.4 Å². The Bertz CT molecular complexity index is 1140. The lowest BCUT2D eigenvalue weighted by Gasteiger charge is -2.25. The minimum atomic E-state index is -4.38.